The van der Waals surface area contributed by atoms with Crippen molar-refractivity contribution < 1.29 is 13.6 Å². The highest BCUT2D eigenvalue weighted by atomic mass is 19.3. The van der Waals surface area contributed by atoms with Crippen molar-refractivity contribution >= 4 is 5.78 Å². The molecule has 2 aromatic rings. The first kappa shape index (κ1) is 12.4. The molecule has 0 N–H and O–H groups in total. The molecule has 1 heterocycles. The van der Waals surface area contributed by atoms with Gasteiger partial charge in [-0.3, -0.25) is 9.78 Å². The normalized spacial score (nSPS) is 10.7. The molecule has 0 saturated heterocycles. The van der Waals surface area contributed by atoms with Crippen molar-refractivity contribution in [2.75, 3.05) is 0 Å². The molecule has 1 aromatic heterocycles. The van der Waals surface area contributed by atoms with Gasteiger partial charge in [-0.05, 0) is 30.7 Å². The van der Waals surface area contributed by atoms with E-state index in [-0.39, 0.29) is 22.6 Å². The van der Waals surface area contributed by atoms with E-state index < -0.39 is 6.43 Å². The number of benzene rings is 1. The summed E-state index contributed by atoms with van der Waals surface area (Å²) in [5.41, 5.74) is 0.843. The van der Waals surface area contributed by atoms with Gasteiger partial charge in [0.2, 0.25) is 5.78 Å². The fourth-order valence-corrected chi connectivity index (χ4v) is 1.66. The quantitative estimate of drug-likeness (QED) is 0.776. The van der Waals surface area contributed by atoms with E-state index >= 15 is 0 Å². The second-order valence-electron chi connectivity index (χ2n) is 3.92. The van der Waals surface area contributed by atoms with Crippen molar-refractivity contribution in [3.05, 3.63) is 65.0 Å². The molecular weight excluding hydrogens is 236 g/mol. The summed E-state index contributed by atoms with van der Waals surface area (Å²) in [6.45, 7) is 1.59. The largest absolute Gasteiger partial charge is 0.287 e. The van der Waals surface area contributed by atoms with Gasteiger partial charge in [0.15, 0.2) is 0 Å². The first-order valence-corrected chi connectivity index (χ1v) is 5.44. The number of carbonyl (C=O) groups excluding carboxylic acids is 1. The van der Waals surface area contributed by atoms with E-state index in [1.165, 1.54) is 24.4 Å². The maximum atomic E-state index is 12.7. The molecule has 0 unspecified atom stereocenters. The van der Waals surface area contributed by atoms with Crippen molar-refractivity contribution in [3.63, 3.8) is 0 Å². The maximum Gasteiger partial charge on any atom is 0.264 e. The minimum atomic E-state index is -2.58. The zero-order valence-corrected chi connectivity index (χ0v) is 9.73. The maximum absolute atomic E-state index is 12.7. The topological polar surface area (TPSA) is 30.0 Å². The van der Waals surface area contributed by atoms with Crippen LogP contribution in [0.2, 0.25) is 0 Å². The van der Waals surface area contributed by atoms with Gasteiger partial charge < -0.3 is 0 Å². The van der Waals surface area contributed by atoms with Gasteiger partial charge in [0.1, 0.15) is 5.69 Å². The van der Waals surface area contributed by atoms with Crippen molar-refractivity contribution in [2.45, 2.75) is 13.3 Å². The van der Waals surface area contributed by atoms with Crippen LogP contribution in [0.1, 0.15) is 33.6 Å². The highest BCUT2D eigenvalue weighted by molar-refractivity contribution is 6.07. The molecule has 0 aliphatic carbocycles. The van der Waals surface area contributed by atoms with E-state index in [0.29, 0.717) is 5.56 Å². The first-order chi connectivity index (χ1) is 8.59. The minimum Gasteiger partial charge on any atom is -0.287 e. The van der Waals surface area contributed by atoms with Gasteiger partial charge in [0.25, 0.3) is 6.43 Å². The van der Waals surface area contributed by atoms with E-state index in [1.54, 1.807) is 25.1 Å². The van der Waals surface area contributed by atoms with Crippen LogP contribution < -0.4 is 0 Å². The van der Waals surface area contributed by atoms with Crippen molar-refractivity contribution in [2.24, 2.45) is 0 Å². The van der Waals surface area contributed by atoms with Gasteiger partial charge in [0, 0.05) is 17.3 Å². The molecule has 0 aliphatic rings. The van der Waals surface area contributed by atoms with Crippen LogP contribution in [-0.2, 0) is 0 Å². The van der Waals surface area contributed by atoms with E-state index in [4.69, 9.17) is 0 Å². The fraction of sp³-hybridized carbons (Fsp3) is 0.143. The van der Waals surface area contributed by atoms with E-state index in [1.807, 2.05) is 0 Å². The molecule has 0 fully saturated rings. The van der Waals surface area contributed by atoms with Crippen molar-refractivity contribution in [1.29, 1.82) is 0 Å². The lowest BCUT2D eigenvalue weighted by Gasteiger charge is -2.07. The number of pyridine rings is 1. The molecule has 0 aliphatic heterocycles. The third-order valence-electron chi connectivity index (χ3n) is 2.67. The Kier molecular flexibility index (Phi) is 3.46. The number of carbonyl (C=O) groups is 1. The van der Waals surface area contributed by atoms with Crippen LogP contribution in [0.3, 0.4) is 0 Å². The van der Waals surface area contributed by atoms with Gasteiger partial charge >= 0.3 is 0 Å². The number of halogens is 2. The summed E-state index contributed by atoms with van der Waals surface area (Å²) in [7, 11) is 0. The van der Waals surface area contributed by atoms with Gasteiger partial charge in [0.05, 0.1) is 0 Å². The van der Waals surface area contributed by atoms with Crippen LogP contribution in [0, 0.1) is 6.92 Å². The molecule has 0 radical (unpaired) electrons. The summed E-state index contributed by atoms with van der Waals surface area (Å²) in [5, 5.41) is 0. The molecule has 0 spiro atoms. The van der Waals surface area contributed by atoms with Crippen LogP contribution in [0.5, 0.6) is 0 Å². The van der Waals surface area contributed by atoms with E-state index in [2.05, 4.69) is 4.98 Å². The first-order valence-electron chi connectivity index (χ1n) is 5.44. The standard InChI is InChI=1S/C14H11F2NO/c1-9-5-6-10(8-11(9)14(15)16)13(18)12-4-2-3-7-17-12/h2-8,14H,1H3. The Morgan fingerprint density at radius 3 is 2.61 bits per heavy atom. The highest BCUT2D eigenvalue weighted by Gasteiger charge is 2.15. The zero-order chi connectivity index (χ0) is 13.1. The van der Waals surface area contributed by atoms with Crippen LogP contribution in [0.25, 0.3) is 0 Å². The number of rotatable bonds is 3. The fourth-order valence-electron chi connectivity index (χ4n) is 1.66. The summed E-state index contributed by atoms with van der Waals surface area (Å²) in [5.74, 6) is -0.350. The molecule has 0 amide bonds. The Morgan fingerprint density at radius 2 is 2.00 bits per heavy atom. The summed E-state index contributed by atoms with van der Waals surface area (Å²) < 4.78 is 25.5. The molecule has 2 nitrogen and oxygen atoms in total. The van der Waals surface area contributed by atoms with Crippen LogP contribution in [0.15, 0.2) is 42.6 Å². The number of aryl methyl sites for hydroxylation is 1. The van der Waals surface area contributed by atoms with Crippen LogP contribution in [-0.4, -0.2) is 10.8 Å². The highest BCUT2D eigenvalue weighted by Crippen LogP contribution is 2.24. The molecule has 0 saturated carbocycles. The zero-order valence-electron chi connectivity index (χ0n) is 9.73. The molecule has 4 heteroatoms. The van der Waals surface area contributed by atoms with Gasteiger partial charge in [-0.1, -0.05) is 18.2 Å². The van der Waals surface area contributed by atoms with Gasteiger partial charge in [-0.25, -0.2) is 8.78 Å². The second kappa shape index (κ2) is 5.04. The average Bonchev–Trinajstić information content (AvgIpc) is 2.39. The molecule has 2 rings (SSSR count). The SMILES string of the molecule is Cc1ccc(C(=O)c2ccccn2)cc1C(F)F. The molecule has 0 atom stereocenters. The third kappa shape index (κ3) is 2.42. The number of hydrogen-bond acceptors (Lipinski definition) is 2. The van der Waals surface area contributed by atoms with Crippen molar-refractivity contribution in [1.82, 2.24) is 4.98 Å². The third-order valence-corrected chi connectivity index (χ3v) is 2.67. The lowest BCUT2D eigenvalue weighted by molar-refractivity contribution is 0.103. The second-order valence-corrected chi connectivity index (χ2v) is 3.92. The van der Waals surface area contributed by atoms with E-state index in [9.17, 15) is 13.6 Å². The van der Waals surface area contributed by atoms with E-state index in [0.717, 1.165) is 0 Å². The Labute approximate surface area is 103 Å². The van der Waals surface area contributed by atoms with Gasteiger partial charge in [-0.15, -0.1) is 0 Å². The average molecular weight is 247 g/mol. The molecule has 1 aromatic carbocycles. The summed E-state index contributed by atoms with van der Waals surface area (Å²) >= 11 is 0. The lowest BCUT2D eigenvalue weighted by atomic mass is 10.0. The van der Waals surface area contributed by atoms with Gasteiger partial charge in [-0.2, -0.15) is 0 Å². The molecule has 92 valence electrons. The van der Waals surface area contributed by atoms with Crippen molar-refractivity contribution in [3.8, 4) is 0 Å². The number of aromatic nitrogens is 1. The van der Waals surface area contributed by atoms with Crippen LogP contribution in [0.4, 0.5) is 8.78 Å². The Hall–Kier alpha value is -2.10. The minimum absolute atomic E-state index is 0.114. The molecule has 0 bridgehead atoms. The predicted molar refractivity (Wildman–Crippen MR) is 63.8 cm³/mol. The number of alkyl halides is 2. The Bertz CT molecular complexity index is 567. The number of ketones is 1. The predicted octanol–water partition coefficient (Wildman–Crippen LogP) is 3.56. The monoisotopic (exact) mass is 247 g/mol. The summed E-state index contributed by atoms with van der Waals surface area (Å²) in [6, 6.07) is 9.23. The number of hydrogen-bond donors (Lipinski definition) is 0. The molecule has 18 heavy (non-hydrogen) atoms. The Balaban J connectivity index is 2.41. The summed E-state index contributed by atoms with van der Waals surface area (Å²) in [4.78, 5) is 15.9. The van der Waals surface area contributed by atoms with Crippen LogP contribution >= 0.6 is 0 Å². The molecular formula is C14H11F2NO. The number of nitrogens with zero attached hydrogens (tertiary/aromatic N) is 1. The smallest absolute Gasteiger partial charge is 0.264 e. The summed E-state index contributed by atoms with van der Waals surface area (Å²) in [6.07, 6.45) is -1.09. The lowest BCUT2D eigenvalue weighted by Crippen LogP contribution is -2.05. The Morgan fingerprint density at radius 1 is 1.22 bits per heavy atom.